The van der Waals surface area contributed by atoms with Crippen LogP contribution < -0.4 is 5.32 Å². The van der Waals surface area contributed by atoms with Crippen molar-refractivity contribution in [3.8, 4) is 16.8 Å². The van der Waals surface area contributed by atoms with Crippen molar-refractivity contribution in [3.05, 3.63) is 199 Å². The first-order chi connectivity index (χ1) is 28.3. The van der Waals surface area contributed by atoms with Crippen LogP contribution in [0.2, 0.25) is 0 Å². The van der Waals surface area contributed by atoms with Crippen molar-refractivity contribution < 1.29 is 0 Å². The second-order valence-corrected chi connectivity index (χ2v) is 17.4. The van der Waals surface area contributed by atoms with Gasteiger partial charge < -0.3 is 4.57 Å². The monoisotopic (exact) mass is 766 g/mol. The summed E-state index contributed by atoms with van der Waals surface area (Å²) in [4.78, 5) is 0. The van der Waals surface area contributed by atoms with Gasteiger partial charge in [-0.15, -0.1) is 22.7 Å². The molecule has 11 aromatic rings. The summed E-state index contributed by atoms with van der Waals surface area (Å²) in [5, 5.41) is 16.9. The van der Waals surface area contributed by atoms with Crippen molar-refractivity contribution in [1.29, 1.82) is 0 Å². The number of hydrazine groups is 1. The zero-order valence-electron chi connectivity index (χ0n) is 30.7. The van der Waals surface area contributed by atoms with Crippen molar-refractivity contribution in [3.63, 3.8) is 0 Å². The molecule has 0 amide bonds. The van der Waals surface area contributed by atoms with Crippen LogP contribution in [0, 0.1) is 0 Å². The van der Waals surface area contributed by atoms with E-state index in [-0.39, 0.29) is 18.5 Å². The van der Waals surface area contributed by atoms with E-state index in [4.69, 9.17) is 0 Å². The first-order valence-corrected chi connectivity index (χ1v) is 21.2. The van der Waals surface area contributed by atoms with Gasteiger partial charge in [-0.3, -0.25) is 5.32 Å². The van der Waals surface area contributed by atoms with Crippen molar-refractivity contribution in [1.82, 2.24) is 19.9 Å². The standard InChI is InChI=1S/C51H34N4S2/c1-3-13-31(14-4-1)49-52-50(55-51(54(49)55)32-15-5-2-6-16-32)41-22-12-21-40-42-29-33(25-28-45(42)56-48(40)41)35-19-11-20-39-38-27-26-34(30-46(38)57-47(35)39)53-43-23-9-7-17-36(43)37-18-8-10-24-44(37)53/h1-30,49-52H. The molecule has 2 aliphatic rings. The Morgan fingerprint density at radius 2 is 1.05 bits per heavy atom. The van der Waals surface area contributed by atoms with Crippen molar-refractivity contribution in [2.24, 2.45) is 0 Å². The second-order valence-electron chi connectivity index (χ2n) is 15.3. The maximum absolute atomic E-state index is 4.02. The summed E-state index contributed by atoms with van der Waals surface area (Å²) < 4.78 is 7.73. The minimum absolute atomic E-state index is 0.0661. The quantitative estimate of drug-likeness (QED) is 0.176. The summed E-state index contributed by atoms with van der Waals surface area (Å²) >= 11 is 3.83. The maximum Gasteiger partial charge on any atom is 0.119 e. The first kappa shape index (κ1) is 32.0. The molecule has 2 fully saturated rings. The third kappa shape index (κ3) is 4.71. The van der Waals surface area contributed by atoms with Gasteiger partial charge in [0.2, 0.25) is 0 Å². The fourth-order valence-corrected chi connectivity index (χ4v) is 12.1. The molecule has 5 heterocycles. The minimum atomic E-state index is 0.0661. The highest BCUT2D eigenvalue weighted by Crippen LogP contribution is 2.58. The zero-order chi connectivity index (χ0) is 37.2. The van der Waals surface area contributed by atoms with Gasteiger partial charge in [-0.05, 0) is 58.7 Å². The molecule has 0 saturated carbocycles. The second kappa shape index (κ2) is 12.2. The molecule has 3 aromatic heterocycles. The summed E-state index contributed by atoms with van der Waals surface area (Å²) in [7, 11) is 0. The van der Waals surface area contributed by atoms with E-state index < -0.39 is 0 Å². The van der Waals surface area contributed by atoms with E-state index in [0.717, 1.165) is 0 Å². The highest BCUT2D eigenvalue weighted by Gasteiger charge is 2.60. The molecule has 270 valence electrons. The number of hydrogen-bond donors (Lipinski definition) is 1. The third-order valence-corrected chi connectivity index (χ3v) is 14.7. The van der Waals surface area contributed by atoms with Crippen LogP contribution >= 0.6 is 22.7 Å². The molecule has 2 saturated heterocycles. The number of hydrogen-bond acceptors (Lipinski definition) is 5. The predicted molar refractivity (Wildman–Crippen MR) is 240 cm³/mol. The molecule has 6 heteroatoms. The van der Waals surface area contributed by atoms with Crippen LogP contribution in [0.3, 0.4) is 0 Å². The highest BCUT2D eigenvalue weighted by molar-refractivity contribution is 7.26. The third-order valence-electron chi connectivity index (χ3n) is 12.2. The van der Waals surface area contributed by atoms with Gasteiger partial charge in [0.05, 0.1) is 11.0 Å². The van der Waals surface area contributed by atoms with Crippen molar-refractivity contribution in [2.75, 3.05) is 0 Å². The van der Waals surface area contributed by atoms with E-state index in [1.165, 1.54) is 95.7 Å². The van der Waals surface area contributed by atoms with E-state index >= 15 is 0 Å². The Morgan fingerprint density at radius 3 is 1.82 bits per heavy atom. The van der Waals surface area contributed by atoms with Crippen LogP contribution in [0.15, 0.2) is 182 Å². The Kier molecular flexibility index (Phi) is 6.85. The Morgan fingerprint density at radius 1 is 0.421 bits per heavy atom. The lowest BCUT2D eigenvalue weighted by atomic mass is 10.00. The van der Waals surface area contributed by atoms with Gasteiger partial charge in [0.25, 0.3) is 0 Å². The minimum Gasteiger partial charge on any atom is -0.309 e. The summed E-state index contributed by atoms with van der Waals surface area (Å²) in [6.45, 7) is 0. The molecule has 4 nitrogen and oxygen atoms in total. The lowest BCUT2D eigenvalue weighted by Crippen LogP contribution is -2.27. The molecule has 0 spiro atoms. The fraction of sp³-hybridized carbons (Fsp3) is 0.0588. The summed E-state index contributed by atoms with van der Waals surface area (Å²) in [5.74, 6) is 0. The smallest absolute Gasteiger partial charge is 0.119 e. The molecular weight excluding hydrogens is 733 g/mol. The number of aromatic nitrogens is 1. The van der Waals surface area contributed by atoms with Crippen molar-refractivity contribution >= 4 is 84.8 Å². The normalized spacial score (nSPS) is 20.4. The van der Waals surface area contributed by atoms with Gasteiger partial charge in [0.1, 0.15) is 18.5 Å². The number of nitrogens with zero attached hydrogens (tertiary/aromatic N) is 3. The predicted octanol–water partition coefficient (Wildman–Crippen LogP) is 13.7. The zero-order valence-corrected chi connectivity index (χ0v) is 32.3. The first-order valence-electron chi connectivity index (χ1n) is 19.6. The largest absolute Gasteiger partial charge is 0.309 e. The molecule has 0 radical (unpaired) electrons. The topological polar surface area (TPSA) is 23.0 Å². The van der Waals surface area contributed by atoms with Gasteiger partial charge in [-0.25, -0.2) is 0 Å². The van der Waals surface area contributed by atoms with E-state index in [1.807, 2.05) is 22.7 Å². The van der Waals surface area contributed by atoms with Gasteiger partial charge in [0.15, 0.2) is 0 Å². The summed E-state index contributed by atoms with van der Waals surface area (Å²) in [5.41, 5.74) is 10.2. The van der Waals surface area contributed by atoms with E-state index in [0.29, 0.717) is 0 Å². The molecule has 1 N–H and O–H groups in total. The van der Waals surface area contributed by atoms with Crippen LogP contribution in [-0.2, 0) is 0 Å². The van der Waals surface area contributed by atoms with Crippen LogP contribution in [0.4, 0.5) is 0 Å². The summed E-state index contributed by atoms with van der Waals surface area (Å²) in [6.07, 6.45) is 0.410. The Balaban J connectivity index is 0.913. The SMILES string of the molecule is c1ccc(C2NC(c3cccc4c3sc3ccc(-c5cccc6c5sc5cc(-n7c8ccccc8c8ccccc87)ccc56)cc34)N3C(c4ccccc4)N23)cc1. The highest BCUT2D eigenvalue weighted by atomic mass is 32.1. The van der Waals surface area contributed by atoms with E-state index in [2.05, 4.69) is 202 Å². The van der Waals surface area contributed by atoms with E-state index in [9.17, 15) is 0 Å². The number of thiophene rings is 2. The lowest BCUT2D eigenvalue weighted by Gasteiger charge is -2.21. The van der Waals surface area contributed by atoms with Crippen LogP contribution in [-0.4, -0.2) is 14.6 Å². The molecule has 5 unspecified atom stereocenters. The number of para-hydroxylation sites is 2. The molecule has 0 aliphatic carbocycles. The number of fused-ring (bicyclic) bond motifs is 10. The van der Waals surface area contributed by atoms with Crippen LogP contribution in [0.1, 0.15) is 35.2 Å². The molecular formula is C51H34N4S2. The van der Waals surface area contributed by atoms with Gasteiger partial charge in [-0.2, -0.15) is 10.0 Å². The maximum atomic E-state index is 4.02. The number of rotatable bonds is 5. The summed E-state index contributed by atoms with van der Waals surface area (Å²) in [6, 6.07) is 67.1. The molecule has 0 bridgehead atoms. The van der Waals surface area contributed by atoms with E-state index in [1.54, 1.807) is 0 Å². The van der Waals surface area contributed by atoms with Crippen molar-refractivity contribution in [2.45, 2.75) is 18.5 Å². The van der Waals surface area contributed by atoms with Gasteiger partial charge >= 0.3 is 0 Å². The van der Waals surface area contributed by atoms with Crippen LogP contribution in [0.25, 0.3) is 79.0 Å². The molecule has 13 rings (SSSR count). The van der Waals surface area contributed by atoms with Gasteiger partial charge in [-0.1, -0.05) is 146 Å². The fourth-order valence-electron chi connectivity index (χ4n) is 9.65. The number of benzene rings is 8. The molecule has 2 aliphatic heterocycles. The Labute approximate surface area is 337 Å². The number of nitrogens with one attached hydrogen (secondary N) is 1. The van der Waals surface area contributed by atoms with Crippen LogP contribution in [0.5, 0.6) is 0 Å². The average Bonchev–Trinajstić information content (AvgIpc) is 3.58. The Bertz CT molecular complexity index is 3330. The Hall–Kier alpha value is -6.12. The van der Waals surface area contributed by atoms with Gasteiger partial charge in [0, 0.05) is 62.4 Å². The molecule has 8 aromatic carbocycles. The molecule has 57 heavy (non-hydrogen) atoms. The molecule has 5 atom stereocenters. The average molecular weight is 767 g/mol. The lowest BCUT2D eigenvalue weighted by molar-refractivity contribution is 0.315.